The van der Waals surface area contributed by atoms with Gasteiger partial charge in [0.25, 0.3) is 0 Å². The monoisotopic (exact) mass is 657 g/mol. The third-order valence-electron chi connectivity index (χ3n) is 9.14. The van der Waals surface area contributed by atoms with Gasteiger partial charge in [-0.2, -0.15) is 0 Å². The van der Waals surface area contributed by atoms with Crippen LogP contribution >= 0.6 is 23.2 Å². The number of halogens is 2. The van der Waals surface area contributed by atoms with E-state index in [0.29, 0.717) is 58.7 Å². The third-order valence-corrected chi connectivity index (χ3v) is 9.66. The quantitative estimate of drug-likeness (QED) is 0.241. The molecule has 0 aromatic heterocycles. The lowest BCUT2D eigenvalue weighted by Gasteiger charge is -2.49. The zero-order chi connectivity index (χ0) is 32.8. The topological polar surface area (TPSA) is 55.8 Å². The lowest BCUT2D eigenvalue weighted by molar-refractivity contribution is -0.119. The Morgan fingerprint density at radius 1 is 0.761 bits per heavy atom. The summed E-state index contributed by atoms with van der Waals surface area (Å²) >= 11 is 13.2. The van der Waals surface area contributed by atoms with Crippen LogP contribution in [0.25, 0.3) is 0 Å². The molecule has 7 heteroatoms. The molecule has 1 heterocycles. The first-order valence-electron chi connectivity index (χ1n) is 16.0. The summed E-state index contributed by atoms with van der Waals surface area (Å²) in [6, 6.07) is 21.5. The van der Waals surface area contributed by atoms with Crippen molar-refractivity contribution >= 4 is 34.8 Å². The first-order valence-corrected chi connectivity index (χ1v) is 16.8. The molecule has 1 aliphatic heterocycles. The van der Waals surface area contributed by atoms with Crippen molar-refractivity contribution in [1.29, 1.82) is 0 Å². The molecule has 0 saturated carbocycles. The van der Waals surface area contributed by atoms with Crippen LogP contribution in [0.15, 0.2) is 89.3 Å². The lowest BCUT2D eigenvalue weighted by atomic mass is 9.63. The average Bonchev–Trinajstić information content (AvgIpc) is 2.97. The Kier molecular flexibility index (Phi) is 8.86. The zero-order valence-corrected chi connectivity index (χ0v) is 28.7. The van der Waals surface area contributed by atoms with Crippen LogP contribution in [0.3, 0.4) is 0 Å². The molecule has 6 rings (SSSR count). The van der Waals surface area contributed by atoms with Crippen LogP contribution in [0.5, 0.6) is 11.5 Å². The molecule has 240 valence electrons. The van der Waals surface area contributed by atoms with Crippen LogP contribution < -0.4 is 9.47 Å². The first kappa shape index (κ1) is 32.4. The molecular formula is C39H41Cl2NO4. The second-order valence-corrected chi connectivity index (χ2v) is 15.1. The molecule has 2 aliphatic carbocycles. The van der Waals surface area contributed by atoms with Crippen molar-refractivity contribution in [2.45, 2.75) is 79.4 Å². The van der Waals surface area contributed by atoms with E-state index >= 15 is 0 Å². The van der Waals surface area contributed by atoms with Gasteiger partial charge in [-0.15, -0.1) is 0 Å². The summed E-state index contributed by atoms with van der Waals surface area (Å²) in [5.41, 5.74) is 5.79. The van der Waals surface area contributed by atoms with Crippen molar-refractivity contribution < 1.29 is 19.1 Å². The van der Waals surface area contributed by atoms with E-state index in [1.54, 1.807) is 0 Å². The average molecular weight is 659 g/mol. The number of nitrogens with zero attached hydrogens (tertiary/aromatic N) is 1. The fraction of sp³-hybridized carbons (Fsp3) is 0.385. The SMILES string of the molecule is CCOc1cc(C2C3=C(CC(C)(C)CC3=O)N(Cc3ccccc3)C3=C2C(=O)CC(C)(C)C3)cc(Cl)c1OCc1cccc(Cl)c1. The van der Waals surface area contributed by atoms with Gasteiger partial charge < -0.3 is 14.4 Å². The molecule has 0 saturated heterocycles. The van der Waals surface area contributed by atoms with Gasteiger partial charge in [0.1, 0.15) is 6.61 Å². The lowest BCUT2D eigenvalue weighted by Crippen LogP contribution is -2.44. The maximum absolute atomic E-state index is 14.3. The molecule has 0 radical (unpaired) electrons. The Hall–Kier alpha value is -3.54. The van der Waals surface area contributed by atoms with E-state index < -0.39 is 5.92 Å². The van der Waals surface area contributed by atoms with Gasteiger partial charge in [0.15, 0.2) is 23.1 Å². The van der Waals surface area contributed by atoms with Gasteiger partial charge in [-0.3, -0.25) is 9.59 Å². The summed E-state index contributed by atoms with van der Waals surface area (Å²) < 4.78 is 12.3. The Balaban J connectivity index is 1.51. The fourth-order valence-corrected chi connectivity index (χ4v) is 7.76. The Labute approximate surface area is 282 Å². The predicted molar refractivity (Wildman–Crippen MR) is 183 cm³/mol. The smallest absolute Gasteiger partial charge is 0.180 e. The molecule has 0 atom stereocenters. The van der Waals surface area contributed by atoms with Gasteiger partial charge in [-0.25, -0.2) is 0 Å². The van der Waals surface area contributed by atoms with Gasteiger partial charge in [0.2, 0.25) is 0 Å². The third kappa shape index (κ3) is 6.50. The number of Topliss-reactive ketones (excluding diaryl/α,β-unsaturated/α-hetero) is 2. The van der Waals surface area contributed by atoms with Crippen molar-refractivity contribution in [2.75, 3.05) is 6.61 Å². The molecule has 0 spiro atoms. The molecular weight excluding hydrogens is 617 g/mol. The minimum absolute atomic E-state index is 0.0776. The van der Waals surface area contributed by atoms with Crippen LogP contribution in [0.1, 0.15) is 82.9 Å². The second-order valence-electron chi connectivity index (χ2n) is 14.3. The van der Waals surface area contributed by atoms with Crippen LogP contribution in [-0.4, -0.2) is 23.1 Å². The van der Waals surface area contributed by atoms with Gasteiger partial charge in [0, 0.05) is 52.9 Å². The molecule has 46 heavy (non-hydrogen) atoms. The maximum atomic E-state index is 14.3. The highest BCUT2D eigenvalue weighted by molar-refractivity contribution is 6.32. The summed E-state index contributed by atoms with van der Waals surface area (Å²) in [7, 11) is 0. The largest absolute Gasteiger partial charge is 0.490 e. The number of ether oxygens (including phenoxy) is 2. The number of allylic oxidation sites excluding steroid dienone is 4. The maximum Gasteiger partial charge on any atom is 0.180 e. The molecule has 5 nitrogen and oxygen atoms in total. The summed E-state index contributed by atoms with van der Waals surface area (Å²) in [6.45, 7) is 11.8. The van der Waals surface area contributed by atoms with E-state index in [1.807, 2.05) is 61.5 Å². The van der Waals surface area contributed by atoms with E-state index in [9.17, 15) is 9.59 Å². The number of carbonyl (C=O) groups is 2. The summed E-state index contributed by atoms with van der Waals surface area (Å²) in [4.78, 5) is 30.8. The first-order chi connectivity index (χ1) is 21.9. The number of carbonyl (C=O) groups excluding carboxylic acids is 2. The normalized spacial score (nSPS) is 19.2. The number of hydrogen-bond acceptors (Lipinski definition) is 5. The molecule has 0 unspecified atom stereocenters. The molecule has 3 aliphatic rings. The van der Waals surface area contributed by atoms with Crippen molar-refractivity contribution in [3.05, 3.63) is 116 Å². The van der Waals surface area contributed by atoms with Crippen molar-refractivity contribution in [3.63, 3.8) is 0 Å². The van der Waals surface area contributed by atoms with E-state index in [-0.39, 0.29) is 29.0 Å². The zero-order valence-electron chi connectivity index (χ0n) is 27.2. The van der Waals surface area contributed by atoms with Crippen LogP contribution in [-0.2, 0) is 22.7 Å². The number of ketones is 2. The minimum atomic E-state index is -0.539. The summed E-state index contributed by atoms with van der Waals surface area (Å²) in [5, 5.41) is 0.992. The van der Waals surface area contributed by atoms with E-state index in [4.69, 9.17) is 32.7 Å². The van der Waals surface area contributed by atoms with Crippen molar-refractivity contribution in [1.82, 2.24) is 4.90 Å². The van der Waals surface area contributed by atoms with Crippen molar-refractivity contribution in [2.24, 2.45) is 10.8 Å². The highest BCUT2D eigenvalue weighted by atomic mass is 35.5. The summed E-state index contributed by atoms with van der Waals surface area (Å²) in [6.07, 6.45) is 2.29. The van der Waals surface area contributed by atoms with E-state index in [0.717, 1.165) is 40.9 Å². The highest BCUT2D eigenvalue weighted by Gasteiger charge is 2.49. The van der Waals surface area contributed by atoms with E-state index in [1.165, 1.54) is 0 Å². The molecule has 0 bridgehead atoms. The van der Waals surface area contributed by atoms with Crippen molar-refractivity contribution in [3.8, 4) is 11.5 Å². The number of benzene rings is 3. The van der Waals surface area contributed by atoms with Crippen LogP contribution in [0, 0.1) is 10.8 Å². The van der Waals surface area contributed by atoms with Gasteiger partial charge >= 0.3 is 0 Å². The molecule has 0 amide bonds. The highest BCUT2D eigenvalue weighted by Crippen LogP contribution is 2.56. The van der Waals surface area contributed by atoms with Gasteiger partial charge in [-0.1, -0.05) is 93.4 Å². The number of hydrogen-bond donors (Lipinski definition) is 0. The van der Waals surface area contributed by atoms with Crippen LogP contribution in [0.2, 0.25) is 10.0 Å². The minimum Gasteiger partial charge on any atom is -0.490 e. The summed E-state index contributed by atoms with van der Waals surface area (Å²) in [5.74, 6) is 0.519. The standard InChI is InChI=1S/C39H41Cl2NO4/c1-6-45-33-17-26(16-28(41)37(33)46-23-25-13-10-14-27(40)15-25)34-35-29(18-38(2,3)20-31(35)43)42(22-24-11-8-7-9-12-24)30-19-39(4,5)21-32(44)36(30)34/h7-17,34H,6,18-23H2,1-5H3. The molecule has 0 N–H and O–H groups in total. The Bertz CT molecular complexity index is 1700. The van der Waals surface area contributed by atoms with Crippen LogP contribution in [0.4, 0.5) is 0 Å². The second kappa shape index (κ2) is 12.6. The Morgan fingerprint density at radius 3 is 1.96 bits per heavy atom. The Morgan fingerprint density at radius 2 is 1.37 bits per heavy atom. The molecule has 3 aromatic rings. The van der Waals surface area contributed by atoms with Gasteiger partial charge in [-0.05, 0) is 71.6 Å². The van der Waals surface area contributed by atoms with E-state index in [2.05, 4.69) is 44.7 Å². The molecule has 0 fully saturated rings. The fourth-order valence-electron chi connectivity index (χ4n) is 7.28. The van der Waals surface area contributed by atoms with Gasteiger partial charge in [0.05, 0.1) is 11.6 Å². The molecule has 3 aromatic carbocycles. The number of rotatable bonds is 8. The predicted octanol–water partition coefficient (Wildman–Crippen LogP) is 9.86.